The Hall–Kier alpha value is -2.17. The topological polar surface area (TPSA) is 32.8 Å². The highest BCUT2D eigenvalue weighted by Gasteiger charge is 2.41. The van der Waals surface area contributed by atoms with Crippen LogP contribution in [-0.2, 0) is 11.3 Å². The zero-order valence-electron chi connectivity index (χ0n) is 16.2. The lowest BCUT2D eigenvalue weighted by Crippen LogP contribution is -2.57. The first-order valence-electron chi connectivity index (χ1n) is 9.81. The van der Waals surface area contributed by atoms with Gasteiger partial charge >= 0.3 is 0 Å². The van der Waals surface area contributed by atoms with Gasteiger partial charge in [-0.1, -0.05) is 42.5 Å². The van der Waals surface area contributed by atoms with Gasteiger partial charge in [-0.05, 0) is 30.5 Å². The van der Waals surface area contributed by atoms with Crippen LogP contribution in [-0.4, -0.2) is 50.1 Å². The molecule has 2 saturated heterocycles. The molecular formula is C23H28N2O2. The molecule has 2 atom stereocenters. The Balaban J connectivity index is 1.52. The average Bonchev–Trinajstić information content (AvgIpc) is 2.68. The number of benzene rings is 2. The van der Waals surface area contributed by atoms with Gasteiger partial charge in [-0.25, -0.2) is 0 Å². The Morgan fingerprint density at radius 1 is 1.00 bits per heavy atom. The Bertz CT molecular complexity index is 776. The van der Waals surface area contributed by atoms with E-state index in [9.17, 15) is 4.79 Å². The highest BCUT2D eigenvalue weighted by Crippen LogP contribution is 2.35. The fraction of sp³-hybridized carbons (Fsp3) is 0.435. The fourth-order valence-electron chi connectivity index (χ4n) is 4.55. The Morgan fingerprint density at radius 2 is 1.63 bits per heavy atom. The molecule has 0 aliphatic carbocycles. The lowest BCUT2D eigenvalue weighted by Gasteiger charge is -2.48. The van der Waals surface area contributed by atoms with E-state index in [1.165, 1.54) is 5.56 Å². The molecule has 0 N–H and O–H groups in total. The number of piperidine rings is 1. The number of hydrogen-bond acceptors (Lipinski definition) is 4. The molecule has 0 saturated carbocycles. The average molecular weight is 364 g/mol. The van der Waals surface area contributed by atoms with Crippen molar-refractivity contribution in [1.82, 2.24) is 4.90 Å². The van der Waals surface area contributed by atoms with Crippen LogP contribution in [0.2, 0.25) is 0 Å². The summed E-state index contributed by atoms with van der Waals surface area (Å²) < 4.78 is 5.84. The van der Waals surface area contributed by atoms with Gasteiger partial charge in [0.05, 0.1) is 13.2 Å². The van der Waals surface area contributed by atoms with Gasteiger partial charge in [-0.2, -0.15) is 0 Å². The number of rotatable bonds is 5. The largest absolute Gasteiger partial charge is 0.378 e. The lowest BCUT2D eigenvalue weighted by molar-refractivity contribution is -0.0872. The molecule has 2 bridgehead atoms. The maximum absolute atomic E-state index is 13.3. The summed E-state index contributed by atoms with van der Waals surface area (Å²) >= 11 is 0. The number of nitrogens with zero attached hydrogens (tertiary/aromatic N) is 2. The second-order valence-corrected chi connectivity index (χ2v) is 7.95. The van der Waals surface area contributed by atoms with Crippen molar-refractivity contribution in [2.45, 2.75) is 31.5 Å². The molecule has 2 aliphatic heterocycles. The maximum atomic E-state index is 13.3. The number of ether oxygens (including phenoxy) is 1. The van der Waals surface area contributed by atoms with Crippen LogP contribution < -0.4 is 4.90 Å². The maximum Gasteiger partial charge on any atom is 0.168 e. The summed E-state index contributed by atoms with van der Waals surface area (Å²) in [5, 5.41) is 0. The minimum Gasteiger partial charge on any atom is -0.378 e. The molecule has 4 heteroatoms. The van der Waals surface area contributed by atoms with Crippen molar-refractivity contribution in [2.75, 3.05) is 32.2 Å². The van der Waals surface area contributed by atoms with Crippen LogP contribution in [0.1, 0.15) is 28.8 Å². The molecule has 4 nitrogen and oxygen atoms in total. The number of carbonyl (C=O) groups excluding carboxylic acids is 1. The van der Waals surface area contributed by atoms with E-state index in [2.05, 4.69) is 35.2 Å². The van der Waals surface area contributed by atoms with Crippen molar-refractivity contribution in [2.24, 2.45) is 5.92 Å². The molecule has 4 rings (SSSR count). The number of carbonyl (C=O) groups is 1. The molecule has 142 valence electrons. The predicted octanol–water partition coefficient (Wildman–Crippen LogP) is 3.61. The molecule has 0 aromatic heterocycles. The number of fused-ring (bicyclic) bond motifs is 2. The molecule has 0 radical (unpaired) electrons. The molecular weight excluding hydrogens is 336 g/mol. The third kappa shape index (κ3) is 3.78. The molecule has 2 unspecified atom stereocenters. The van der Waals surface area contributed by atoms with Crippen LogP contribution in [0.15, 0.2) is 54.6 Å². The number of ketones is 1. The summed E-state index contributed by atoms with van der Waals surface area (Å²) in [5.41, 5.74) is 3.19. The van der Waals surface area contributed by atoms with Crippen LogP contribution in [0.25, 0.3) is 0 Å². The zero-order chi connectivity index (χ0) is 18.8. The number of hydrogen-bond donors (Lipinski definition) is 0. The second kappa shape index (κ2) is 7.83. The first kappa shape index (κ1) is 18.2. The highest BCUT2D eigenvalue weighted by molar-refractivity contribution is 6.02. The fourth-order valence-corrected chi connectivity index (χ4v) is 4.55. The number of Topliss-reactive ketones (excluding diaryl/α,β-unsaturated/α-hetero) is 1. The first-order chi connectivity index (χ1) is 13.1. The Kier molecular flexibility index (Phi) is 5.28. The van der Waals surface area contributed by atoms with Gasteiger partial charge in [0.15, 0.2) is 5.78 Å². The van der Waals surface area contributed by atoms with Crippen molar-refractivity contribution >= 4 is 11.5 Å². The minimum atomic E-state index is 0.0806. The molecule has 2 heterocycles. The van der Waals surface area contributed by atoms with Crippen molar-refractivity contribution in [1.29, 1.82) is 0 Å². The number of morpholine rings is 1. The van der Waals surface area contributed by atoms with Crippen LogP contribution in [0.3, 0.4) is 0 Å². The molecule has 0 spiro atoms. The molecule has 2 aromatic rings. The van der Waals surface area contributed by atoms with E-state index in [0.717, 1.165) is 43.9 Å². The van der Waals surface area contributed by atoms with Crippen molar-refractivity contribution in [3.8, 4) is 0 Å². The predicted molar refractivity (Wildman–Crippen MR) is 108 cm³/mol. The van der Waals surface area contributed by atoms with E-state index in [1.807, 2.05) is 43.3 Å². The van der Waals surface area contributed by atoms with Gasteiger partial charge in [0.1, 0.15) is 0 Å². The minimum absolute atomic E-state index is 0.0806. The summed E-state index contributed by atoms with van der Waals surface area (Å²) in [6, 6.07) is 19.2. The summed E-state index contributed by atoms with van der Waals surface area (Å²) in [5.74, 6) is 0.368. The number of anilines is 1. The monoisotopic (exact) mass is 364 g/mol. The molecule has 2 aromatic carbocycles. The van der Waals surface area contributed by atoms with E-state index < -0.39 is 0 Å². The lowest BCUT2D eigenvalue weighted by atomic mass is 9.80. The summed E-state index contributed by atoms with van der Waals surface area (Å²) in [4.78, 5) is 17.9. The molecule has 27 heavy (non-hydrogen) atoms. The van der Waals surface area contributed by atoms with Gasteiger partial charge < -0.3 is 9.64 Å². The van der Waals surface area contributed by atoms with Gasteiger partial charge in [-0.15, -0.1) is 0 Å². The molecule has 2 fully saturated rings. The van der Waals surface area contributed by atoms with Crippen LogP contribution >= 0.6 is 0 Å². The van der Waals surface area contributed by atoms with Crippen molar-refractivity contribution in [3.05, 3.63) is 65.7 Å². The molecule has 0 amide bonds. The zero-order valence-corrected chi connectivity index (χ0v) is 16.2. The van der Waals surface area contributed by atoms with Gasteiger partial charge in [0.25, 0.3) is 0 Å². The van der Waals surface area contributed by atoms with Gasteiger partial charge in [-0.3, -0.25) is 9.69 Å². The van der Waals surface area contributed by atoms with E-state index in [1.54, 1.807) is 0 Å². The van der Waals surface area contributed by atoms with E-state index in [-0.39, 0.29) is 11.7 Å². The third-order valence-corrected chi connectivity index (χ3v) is 5.90. The summed E-state index contributed by atoms with van der Waals surface area (Å²) in [7, 11) is 3.99. The van der Waals surface area contributed by atoms with E-state index >= 15 is 0 Å². The van der Waals surface area contributed by atoms with Crippen LogP contribution in [0, 0.1) is 5.92 Å². The Labute approximate surface area is 161 Å². The van der Waals surface area contributed by atoms with Gasteiger partial charge in [0, 0.05) is 49.9 Å². The van der Waals surface area contributed by atoms with Crippen LogP contribution in [0.5, 0.6) is 0 Å². The number of para-hydroxylation sites is 1. The van der Waals surface area contributed by atoms with Crippen LogP contribution in [0.4, 0.5) is 5.69 Å². The smallest absolute Gasteiger partial charge is 0.168 e. The Morgan fingerprint density at radius 3 is 2.30 bits per heavy atom. The normalized spacial score (nSPS) is 25.2. The van der Waals surface area contributed by atoms with E-state index in [0.29, 0.717) is 12.1 Å². The summed E-state index contributed by atoms with van der Waals surface area (Å²) in [6.07, 6.45) is 1.76. The SMILES string of the molecule is CN(C)c1ccccc1C(=O)C1CC2COCC(C1)N2Cc1ccccc1. The third-order valence-electron chi connectivity index (χ3n) is 5.90. The standard InChI is InChI=1S/C23H28N2O2/c1-24(2)22-11-7-6-10-21(22)23(26)18-12-19-15-27-16-20(13-18)25(19)14-17-8-4-3-5-9-17/h3-11,18-20H,12-16H2,1-2H3. The van der Waals surface area contributed by atoms with Gasteiger partial charge in [0.2, 0.25) is 0 Å². The van der Waals surface area contributed by atoms with E-state index in [4.69, 9.17) is 4.74 Å². The summed E-state index contributed by atoms with van der Waals surface area (Å²) in [6.45, 7) is 2.39. The highest BCUT2D eigenvalue weighted by atomic mass is 16.5. The van der Waals surface area contributed by atoms with Crippen molar-refractivity contribution < 1.29 is 9.53 Å². The first-order valence-corrected chi connectivity index (χ1v) is 9.81. The molecule has 2 aliphatic rings. The quantitative estimate of drug-likeness (QED) is 0.759. The second-order valence-electron chi connectivity index (χ2n) is 7.95. The van der Waals surface area contributed by atoms with Crippen molar-refractivity contribution in [3.63, 3.8) is 0 Å².